The first-order chi connectivity index (χ1) is 9.19. The van der Waals surface area contributed by atoms with Crippen LogP contribution in [0.5, 0.6) is 11.5 Å². The lowest BCUT2D eigenvalue weighted by Crippen LogP contribution is -2.47. The van der Waals surface area contributed by atoms with Gasteiger partial charge in [0, 0.05) is 12.1 Å². The summed E-state index contributed by atoms with van der Waals surface area (Å²) in [5.74, 6) is 1.75. The van der Waals surface area contributed by atoms with Crippen LogP contribution in [0, 0.1) is 5.92 Å². The first kappa shape index (κ1) is 12.5. The van der Waals surface area contributed by atoms with Gasteiger partial charge in [0.2, 0.25) is 0 Å². The molecule has 2 atom stereocenters. The van der Waals surface area contributed by atoms with E-state index >= 15 is 0 Å². The summed E-state index contributed by atoms with van der Waals surface area (Å²) in [6, 6.07) is 5.72. The molecule has 19 heavy (non-hydrogen) atoms. The molecule has 3 nitrogen and oxygen atoms in total. The van der Waals surface area contributed by atoms with Gasteiger partial charge in [0.05, 0.1) is 6.04 Å². The summed E-state index contributed by atoms with van der Waals surface area (Å²) < 4.78 is 5.87. The second-order valence-electron chi connectivity index (χ2n) is 5.60. The van der Waals surface area contributed by atoms with Crippen LogP contribution < -0.4 is 4.74 Å². The minimum Gasteiger partial charge on any atom is -0.508 e. The highest BCUT2D eigenvalue weighted by molar-refractivity contribution is 5.77. The number of fused-ring (bicyclic) bond motifs is 3. The van der Waals surface area contributed by atoms with Gasteiger partial charge < -0.3 is 9.84 Å². The summed E-state index contributed by atoms with van der Waals surface area (Å²) in [5, 5.41) is 9.72. The van der Waals surface area contributed by atoms with Crippen molar-refractivity contribution in [1.29, 1.82) is 0 Å². The number of hydrogen-bond acceptors (Lipinski definition) is 3. The molecule has 2 aliphatic rings. The molecular weight excluding hydrogens is 238 g/mol. The van der Waals surface area contributed by atoms with Crippen LogP contribution in [0.15, 0.2) is 24.3 Å². The van der Waals surface area contributed by atoms with Crippen LogP contribution in [-0.2, 0) is 0 Å². The fourth-order valence-corrected chi connectivity index (χ4v) is 3.20. The van der Waals surface area contributed by atoms with Gasteiger partial charge in [0.15, 0.2) is 0 Å². The van der Waals surface area contributed by atoms with Crippen molar-refractivity contribution >= 4 is 5.57 Å². The second kappa shape index (κ2) is 4.89. The average Bonchev–Trinajstić information content (AvgIpc) is 2.39. The van der Waals surface area contributed by atoms with Gasteiger partial charge in [0.1, 0.15) is 18.1 Å². The van der Waals surface area contributed by atoms with Gasteiger partial charge in [-0.15, -0.1) is 0 Å². The van der Waals surface area contributed by atoms with Crippen molar-refractivity contribution in [3.63, 3.8) is 0 Å². The van der Waals surface area contributed by atoms with Crippen LogP contribution in [0.3, 0.4) is 0 Å². The van der Waals surface area contributed by atoms with E-state index in [2.05, 4.69) is 24.8 Å². The maximum Gasteiger partial charge on any atom is 0.127 e. The molecule has 0 fully saturated rings. The van der Waals surface area contributed by atoms with Crippen LogP contribution in [-0.4, -0.2) is 35.7 Å². The van der Waals surface area contributed by atoms with E-state index < -0.39 is 0 Å². The number of aromatic hydroxyl groups is 1. The Morgan fingerprint density at radius 2 is 2.26 bits per heavy atom. The number of phenols is 1. The topological polar surface area (TPSA) is 32.7 Å². The zero-order valence-corrected chi connectivity index (χ0v) is 11.6. The van der Waals surface area contributed by atoms with Crippen LogP contribution in [0.1, 0.15) is 25.8 Å². The maximum absolute atomic E-state index is 9.72. The lowest BCUT2D eigenvalue weighted by atomic mass is 9.87. The van der Waals surface area contributed by atoms with Gasteiger partial charge in [-0.3, -0.25) is 4.90 Å². The molecule has 0 spiro atoms. The van der Waals surface area contributed by atoms with E-state index in [0.717, 1.165) is 37.4 Å². The van der Waals surface area contributed by atoms with Crippen LogP contribution in [0.25, 0.3) is 5.57 Å². The molecule has 3 heteroatoms. The molecule has 0 aliphatic carbocycles. The Balaban J connectivity index is 2.02. The molecule has 0 saturated carbocycles. The normalized spacial score (nSPS) is 26.1. The third kappa shape index (κ3) is 2.23. The van der Waals surface area contributed by atoms with Crippen LogP contribution in [0.4, 0.5) is 0 Å². The van der Waals surface area contributed by atoms with E-state index in [9.17, 15) is 5.11 Å². The van der Waals surface area contributed by atoms with Crippen molar-refractivity contribution in [3.8, 4) is 11.5 Å². The SMILES string of the molecule is CCCN1C[C@H](C)C=C2c3cc(O)ccc3OC[C@@H]21. The summed E-state index contributed by atoms with van der Waals surface area (Å²) >= 11 is 0. The third-order valence-electron chi connectivity index (χ3n) is 3.97. The molecule has 2 aliphatic heterocycles. The van der Waals surface area contributed by atoms with Gasteiger partial charge in [-0.1, -0.05) is 19.9 Å². The van der Waals surface area contributed by atoms with Crippen LogP contribution in [0.2, 0.25) is 0 Å². The summed E-state index contributed by atoms with van der Waals surface area (Å²) in [6.07, 6.45) is 3.50. The average molecular weight is 259 g/mol. The van der Waals surface area contributed by atoms with Gasteiger partial charge in [0.25, 0.3) is 0 Å². The molecule has 0 amide bonds. The highest BCUT2D eigenvalue weighted by atomic mass is 16.5. The summed E-state index contributed by atoms with van der Waals surface area (Å²) in [6.45, 7) is 7.38. The Morgan fingerprint density at radius 3 is 3.05 bits per heavy atom. The van der Waals surface area contributed by atoms with Crippen molar-refractivity contribution in [2.24, 2.45) is 5.92 Å². The number of ether oxygens (including phenoxy) is 1. The molecular formula is C16H21NO2. The largest absolute Gasteiger partial charge is 0.508 e. The minimum atomic E-state index is 0.309. The molecule has 3 rings (SSSR count). The molecule has 0 saturated heterocycles. The predicted octanol–water partition coefficient (Wildman–Crippen LogP) is 2.90. The Kier molecular flexibility index (Phi) is 3.23. The van der Waals surface area contributed by atoms with Crippen molar-refractivity contribution in [3.05, 3.63) is 29.8 Å². The molecule has 0 aromatic heterocycles. The lowest BCUT2D eigenvalue weighted by molar-refractivity contribution is 0.143. The van der Waals surface area contributed by atoms with E-state index in [1.54, 1.807) is 6.07 Å². The lowest BCUT2D eigenvalue weighted by Gasteiger charge is -2.41. The zero-order chi connectivity index (χ0) is 13.4. The molecule has 1 aromatic rings. The molecule has 0 radical (unpaired) electrons. The molecule has 1 N–H and O–H groups in total. The van der Waals surface area contributed by atoms with E-state index in [0.29, 0.717) is 17.7 Å². The van der Waals surface area contributed by atoms with Crippen molar-refractivity contribution in [1.82, 2.24) is 4.90 Å². The van der Waals surface area contributed by atoms with E-state index in [1.165, 1.54) is 5.57 Å². The van der Waals surface area contributed by atoms with Crippen molar-refractivity contribution in [2.45, 2.75) is 26.3 Å². The smallest absolute Gasteiger partial charge is 0.127 e. The first-order valence-corrected chi connectivity index (χ1v) is 7.11. The second-order valence-corrected chi connectivity index (χ2v) is 5.60. The third-order valence-corrected chi connectivity index (χ3v) is 3.97. The van der Waals surface area contributed by atoms with Crippen LogP contribution >= 0.6 is 0 Å². The quantitative estimate of drug-likeness (QED) is 0.886. The highest BCUT2D eigenvalue weighted by Gasteiger charge is 2.33. The Bertz CT molecular complexity index is 509. The first-order valence-electron chi connectivity index (χ1n) is 7.11. The fourth-order valence-electron chi connectivity index (χ4n) is 3.20. The number of rotatable bonds is 2. The van der Waals surface area contributed by atoms with Gasteiger partial charge >= 0.3 is 0 Å². The molecule has 0 unspecified atom stereocenters. The van der Waals surface area contributed by atoms with Gasteiger partial charge in [-0.05, 0) is 42.7 Å². The maximum atomic E-state index is 9.72. The van der Waals surface area contributed by atoms with Crippen molar-refractivity contribution < 1.29 is 9.84 Å². The number of hydrogen-bond donors (Lipinski definition) is 1. The van der Waals surface area contributed by atoms with Gasteiger partial charge in [-0.25, -0.2) is 0 Å². The van der Waals surface area contributed by atoms with E-state index in [1.807, 2.05) is 12.1 Å². The summed E-state index contributed by atoms with van der Waals surface area (Å²) in [7, 11) is 0. The number of phenolic OH excluding ortho intramolecular Hbond substituents is 1. The molecule has 0 bridgehead atoms. The summed E-state index contributed by atoms with van der Waals surface area (Å²) in [5.41, 5.74) is 2.38. The highest BCUT2D eigenvalue weighted by Crippen LogP contribution is 2.40. The molecule has 2 heterocycles. The standard InChI is InChI=1S/C16H21NO2/c1-3-6-17-9-11(2)7-13-14-8-12(18)4-5-16(14)19-10-15(13)17/h4-5,7-8,11,15,18H,3,6,9-10H2,1-2H3/t11-,15+/m1/s1. The number of nitrogens with zero attached hydrogens (tertiary/aromatic N) is 1. The van der Waals surface area contributed by atoms with Gasteiger partial charge in [-0.2, -0.15) is 0 Å². The molecule has 102 valence electrons. The Labute approximate surface area is 114 Å². The minimum absolute atomic E-state index is 0.309. The number of benzene rings is 1. The summed E-state index contributed by atoms with van der Waals surface area (Å²) in [4.78, 5) is 2.51. The predicted molar refractivity (Wildman–Crippen MR) is 76.4 cm³/mol. The van der Waals surface area contributed by atoms with Crippen molar-refractivity contribution in [2.75, 3.05) is 19.7 Å². The zero-order valence-electron chi connectivity index (χ0n) is 11.6. The fraction of sp³-hybridized carbons (Fsp3) is 0.500. The monoisotopic (exact) mass is 259 g/mol. The van der Waals surface area contributed by atoms with E-state index in [4.69, 9.17) is 4.74 Å². The molecule has 1 aromatic carbocycles. The Morgan fingerprint density at radius 1 is 1.42 bits per heavy atom. The van der Waals surface area contributed by atoms with E-state index in [-0.39, 0.29) is 0 Å². The Hall–Kier alpha value is -1.48.